The molecular formula is C23H22F3N3O6. The van der Waals surface area contributed by atoms with Crippen molar-refractivity contribution in [1.82, 2.24) is 15.6 Å². The van der Waals surface area contributed by atoms with E-state index in [4.69, 9.17) is 13.9 Å². The van der Waals surface area contributed by atoms with Gasteiger partial charge in [0.25, 0.3) is 11.8 Å². The summed E-state index contributed by atoms with van der Waals surface area (Å²) in [7, 11) is 1.58. The molecule has 3 rings (SSSR count). The van der Waals surface area contributed by atoms with Gasteiger partial charge in [0, 0.05) is 6.54 Å². The lowest BCUT2D eigenvalue weighted by molar-refractivity contribution is -0.274. The number of rotatable bonds is 11. The molecule has 1 heterocycles. The molecule has 2 N–H and O–H groups in total. The Bertz CT molecular complexity index is 1130. The number of methoxy groups -OCH3 is 1. The number of nitrogens with zero attached hydrogens (tertiary/aromatic N) is 1. The molecule has 3 aromatic rings. The molecule has 2 aromatic carbocycles. The maximum absolute atomic E-state index is 12.2. The Morgan fingerprint density at radius 3 is 2.49 bits per heavy atom. The molecule has 0 saturated carbocycles. The molecular weight excluding hydrogens is 471 g/mol. The fourth-order valence-corrected chi connectivity index (χ4v) is 2.85. The molecule has 0 radical (unpaired) electrons. The fraction of sp³-hybridized carbons (Fsp3) is 0.261. The summed E-state index contributed by atoms with van der Waals surface area (Å²) in [6, 6.07) is 12.1. The number of oxazole rings is 1. The van der Waals surface area contributed by atoms with E-state index in [-0.39, 0.29) is 23.9 Å². The molecule has 0 aliphatic heterocycles. The molecule has 0 saturated heterocycles. The third-order valence-electron chi connectivity index (χ3n) is 4.48. The van der Waals surface area contributed by atoms with Gasteiger partial charge in [-0.2, -0.15) is 0 Å². The van der Waals surface area contributed by atoms with Gasteiger partial charge in [-0.05, 0) is 48.4 Å². The Morgan fingerprint density at radius 1 is 1.03 bits per heavy atom. The highest BCUT2D eigenvalue weighted by Gasteiger charge is 2.31. The third-order valence-corrected chi connectivity index (χ3v) is 4.48. The smallest absolute Gasteiger partial charge is 0.497 e. The van der Waals surface area contributed by atoms with E-state index in [1.54, 1.807) is 7.11 Å². The predicted molar refractivity (Wildman–Crippen MR) is 116 cm³/mol. The van der Waals surface area contributed by atoms with Gasteiger partial charge in [-0.15, -0.1) is 13.2 Å². The number of hydrogen-bond donors (Lipinski definition) is 2. The van der Waals surface area contributed by atoms with E-state index in [1.807, 2.05) is 24.3 Å². The summed E-state index contributed by atoms with van der Waals surface area (Å²) in [5.74, 6) is -0.323. The summed E-state index contributed by atoms with van der Waals surface area (Å²) in [6.45, 7) is -0.0962. The van der Waals surface area contributed by atoms with Gasteiger partial charge in [-0.25, -0.2) is 4.98 Å². The summed E-state index contributed by atoms with van der Waals surface area (Å²) in [6.07, 6.45) is -3.01. The lowest BCUT2D eigenvalue weighted by Crippen LogP contribution is -2.29. The molecule has 2 amide bonds. The van der Waals surface area contributed by atoms with Crippen molar-refractivity contribution in [3.63, 3.8) is 0 Å². The van der Waals surface area contributed by atoms with E-state index in [2.05, 4.69) is 20.4 Å². The first-order chi connectivity index (χ1) is 16.7. The Kier molecular flexibility index (Phi) is 8.54. The number of alkyl halides is 3. The Morgan fingerprint density at radius 2 is 1.77 bits per heavy atom. The zero-order valence-corrected chi connectivity index (χ0v) is 18.6. The van der Waals surface area contributed by atoms with Gasteiger partial charge in [-0.3, -0.25) is 9.59 Å². The number of amides is 2. The lowest BCUT2D eigenvalue weighted by atomic mass is 10.1. The van der Waals surface area contributed by atoms with Crippen LogP contribution in [0.4, 0.5) is 13.2 Å². The first kappa shape index (κ1) is 25.4. The van der Waals surface area contributed by atoms with Crippen LogP contribution in [-0.4, -0.2) is 43.4 Å². The van der Waals surface area contributed by atoms with Gasteiger partial charge in [0.2, 0.25) is 5.89 Å². The quantitative estimate of drug-likeness (QED) is 0.422. The van der Waals surface area contributed by atoms with Gasteiger partial charge in [0.1, 0.15) is 23.5 Å². The first-order valence-corrected chi connectivity index (χ1v) is 10.3. The highest BCUT2D eigenvalue weighted by atomic mass is 19.4. The van der Waals surface area contributed by atoms with Crippen LogP contribution in [0.25, 0.3) is 0 Å². The van der Waals surface area contributed by atoms with Gasteiger partial charge in [0.15, 0.2) is 12.3 Å². The van der Waals surface area contributed by atoms with Crippen LogP contribution in [0.2, 0.25) is 0 Å². The minimum Gasteiger partial charge on any atom is -0.497 e. The average Bonchev–Trinajstić information content (AvgIpc) is 3.31. The van der Waals surface area contributed by atoms with Crippen LogP contribution in [0.1, 0.15) is 21.9 Å². The van der Waals surface area contributed by atoms with Gasteiger partial charge < -0.3 is 29.3 Å². The number of hydrogen-bond acceptors (Lipinski definition) is 7. The van der Waals surface area contributed by atoms with Crippen LogP contribution in [0.3, 0.4) is 0 Å². The van der Waals surface area contributed by atoms with Crippen LogP contribution < -0.4 is 24.8 Å². The predicted octanol–water partition coefficient (Wildman–Crippen LogP) is 3.25. The van der Waals surface area contributed by atoms with Crippen LogP contribution in [-0.2, 0) is 17.8 Å². The van der Waals surface area contributed by atoms with Gasteiger partial charge in [0.05, 0.1) is 13.7 Å². The molecule has 0 fully saturated rings. The van der Waals surface area contributed by atoms with Crippen molar-refractivity contribution in [3.05, 3.63) is 71.9 Å². The number of benzene rings is 2. The molecule has 1 aromatic heterocycles. The van der Waals surface area contributed by atoms with E-state index >= 15 is 0 Å². The average molecular weight is 493 g/mol. The van der Waals surface area contributed by atoms with Crippen LogP contribution in [0, 0.1) is 0 Å². The Balaban J connectivity index is 1.37. The highest BCUT2D eigenvalue weighted by molar-refractivity contribution is 5.91. The van der Waals surface area contributed by atoms with Gasteiger partial charge in [-0.1, -0.05) is 12.1 Å². The number of aromatic nitrogens is 1. The maximum atomic E-state index is 12.2. The van der Waals surface area contributed by atoms with E-state index in [9.17, 15) is 22.8 Å². The molecule has 186 valence electrons. The van der Waals surface area contributed by atoms with E-state index in [1.165, 1.54) is 18.4 Å². The first-order valence-electron chi connectivity index (χ1n) is 10.3. The highest BCUT2D eigenvalue weighted by Crippen LogP contribution is 2.24. The number of carbonyl (C=O) groups is 2. The number of halogens is 3. The van der Waals surface area contributed by atoms with Crippen molar-refractivity contribution in [2.45, 2.75) is 19.3 Å². The molecule has 0 spiro atoms. The normalized spacial score (nSPS) is 11.0. The summed E-state index contributed by atoms with van der Waals surface area (Å²) < 4.78 is 55.8. The van der Waals surface area contributed by atoms with Crippen molar-refractivity contribution < 1.29 is 41.4 Å². The second-order valence-electron chi connectivity index (χ2n) is 7.07. The summed E-state index contributed by atoms with van der Waals surface area (Å²) >= 11 is 0. The minimum atomic E-state index is -4.79. The molecule has 0 aliphatic rings. The fourth-order valence-electron chi connectivity index (χ4n) is 2.85. The topological polar surface area (TPSA) is 112 Å². The largest absolute Gasteiger partial charge is 0.573 e. The molecule has 0 unspecified atom stereocenters. The molecule has 12 heteroatoms. The van der Waals surface area contributed by atoms with Crippen LogP contribution in [0.5, 0.6) is 17.2 Å². The standard InChI is InChI=1S/C23H22F3N3O6/c1-32-18-4-2-3-15(11-18)9-10-27-22(31)19-13-34-21(29-19)12-28-20(30)14-33-16-5-7-17(8-6-16)35-23(24,25)26/h2-8,11,13H,9-10,12,14H2,1H3,(H,27,31)(H,28,30). The zero-order chi connectivity index (χ0) is 25.3. The summed E-state index contributed by atoms with van der Waals surface area (Å²) in [5, 5.41) is 5.24. The molecule has 9 nitrogen and oxygen atoms in total. The minimum absolute atomic E-state index is 0.0670. The molecule has 0 bridgehead atoms. The SMILES string of the molecule is COc1cccc(CCNC(=O)c2coc(CNC(=O)COc3ccc(OC(F)(F)F)cc3)n2)c1. The van der Waals surface area contributed by atoms with Crippen LogP contribution in [0.15, 0.2) is 59.2 Å². The van der Waals surface area contributed by atoms with Gasteiger partial charge >= 0.3 is 6.36 Å². The van der Waals surface area contributed by atoms with Crippen LogP contribution >= 0.6 is 0 Å². The number of ether oxygens (including phenoxy) is 3. The number of nitrogens with one attached hydrogen (secondary N) is 2. The van der Waals surface area contributed by atoms with Crippen molar-refractivity contribution >= 4 is 11.8 Å². The Labute approximate surface area is 198 Å². The third kappa shape index (κ3) is 8.57. The maximum Gasteiger partial charge on any atom is 0.573 e. The lowest BCUT2D eigenvalue weighted by Gasteiger charge is -2.10. The second kappa shape index (κ2) is 11.8. The number of carbonyl (C=O) groups excluding carboxylic acids is 2. The van der Waals surface area contributed by atoms with Crippen molar-refractivity contribution in [2.24, 2.45) is 0 Å². The van der Waals surface area contributed by atoms with E-state index < -0.39 is 30.5 Å². The monoisotopic (exact) mass is 493 g/mol. The van der Waals surface area contributed by atoms with Crippen molar-refractivity contribution in [2.75, 3.05) is 20.3 Å². The second-order valence-corrected chi connectivity index (χ2v) is 7.07. The Hall–Kier alpha value is -4.22. The van der Waals surface area contributed by atoms with Crippen molar-refractivity contribution in [1.29, 1.82) is 0 Å². The summed E-state index contributed by atoms with van der Waals surface area (Å²) in [5.41, 5.74) is 1.07. The molecule has 0 atom stereocenters. The molecule has 35 heavy (non-hydrogen) atoms. The zero-order valence-electron chi connectivity index (χ0n) is 18.6. The van der Waals surface area contributed by atoms with E-state index in [0.29, 0.717) is 13.0 Å². The van der Waals surface area contributed by atoms with E-state index in [0.717, 1.165) is 23.4 Å². The molecule has 0 aliphatic carbocycles. The van der Waals surface area contributed by atoms with Crippen molar-refractivity contribution in [3.8, 4) is 17.2 Å². The summed E-state index contributed by atoms with van der Waals surface area (Å²) in [4.78, 5) is 28.2.